The maximum atomic E-state index is 11.6. The van der Waals surface area contributed by atoms with E-state index in [-0.39, 0.29) is 28.5 Å². The number of carbonyl (C=O) groups excluding carboxylic acids is 3. The molecule has 0 unspecified atom stereocenters. The third-order valence-corrected chi connectivity index (χ3v) is 2.55. The van der Waals surface area contributed by atoms with Gasteiger partial charge in [0.25, 0.3) is 0 Å². The van der Waals surface area contributed by atoms with Gasteiger partial charge in [-0.15, -0.1) is 0 Å². The number of phenolic OH excluding ortho intramolecular Hbond substituents is 1. The second kappa shape index (κ2) is 7.09. The van der Waals surface area contributed by atoms with Gasteiger partial charge in [0.05, 0.1) is 31.5 Å². The molecule has 1 aromatic carbocycles. The molecule has 0 fully saturated rings. The predicted molar refractivity (Wildman–Crippen MR) is 73.8 cm³/mol. The summed E-state index contributed by atoms with van der Waals surface area (Å²) in [6.45, 7) is 1.30. The first-order valence-electron chi connectivity index (χ1n) is 5.88. The van der Waals surface area contributed by atoms with Crippen molar-refractivity contribution in [3.63, 3.8) is 0 Å². The van der Waals surface area contributed by atoms with Gasteiger partial charge in [-0.3, -0.25) is 4.79 Å². The Labute approximate surface area is 121 Å². The van der Waals surface area contributed by atoms with Crippen LogP contribution in [0, 0.1) is 0 Å². The average Bonchev–Trinajstić information content (AvgIpc) is 2.47. The quantitative estimate of drug-likeness (QED) is 0.364. The smallest absolute Gasteiger partial charge is 0.354 e. The minimum absolute atomic E-state index is 0.0854. The van der Waals surface area contributed by atoms with Gasteiger partial charge in [-0.05, 0) is 19.1 Å². The molecule has 0 spiro atoms. The lowest BCUT2D eigenvalue weighted by molar-refractivity contribution is -0.138. The highest BCUT2D eigenvalue weighted by atomic mass is 16.5. The molecule has 0 atom stereocenters. The molecule has 0 amide bonds. The highest BCUT2D eigenvalue weighted by Gasteiger charge is 2.16. The Morgan fingerprint density at radius 3 is 2.38 bits per heavy atom. The number of nitrogens with one attached hydrogen (secondary N) is 1. The molecule has 0 aliphatic heterocycles. The van der Waals surface area contributed by atoms with E-state index in [1.807, 2.05) is 0 Å². The number of carbonyl (C=O) groups is 3. The Hall–Kier alpha value is -2.83. The summed E-state index contributed by atoms with van der Waals surface area (Å²) in [6.07, 6.45) is 0.881. The Kier molecular flexibility index (Phi) is 5.48. The van der Waals surface area contributed by atoms with Crippen molar-refractivity contribution in [2.75, 3.05) is 19.5 Å². The van der Waals surface area contributed by atoms with Crippen molar-refractivity contribution in [1.82, 2.24) is 0 Å². The third-order valence-electron chi connectivity index (χ3n) is 2.55. The van der Waals surface area contributed by atoms with Gasteiger partial charge >= 0.3 is 11.9 Å². The zero-order valence-electron chi connectivity index (χ0n) is 11.8. The van der Waals surface area contributed by atoms with Gasteiger partial charge in [0, 0.05) is 0 Å². The molecule has 0 radical (unpaired) electrons. The van der Waals surface area contributed by atoms with Crippen molar-refractivity contribution < 1.29 is 29.0 Å². The number of rotatable bonds is 5. The van der Waals surface area contributed by atoms with E-state index in [1.54, 1.807) is 0 Å². The van der Waals surface area contributed by atoms with Crippen molar-refractivity contribution in [1.29, 1.82) is 0 Å². The van der Waals surface area contributed by atoms with Crippen LogP contribution in [0.3, 0.4) is 0 Å². The van der Waals surface area contributed by atoms with Crippen LogP contribution in [-0.4, -0.2) is 37.0 Å². The number of ketones is 1. The fourth-order valence-electron chi connectivity index (χ4n) is 1.51. The first-order valence-corrected chi connectivity index (χ1v) is 5.88. The highest BCUT2D eigenvalue weighted by Crippen LogP contribution is 2.29. The van der Waals surface area contributed by atoms with E-state index in [1.165, 1.54) is 25.1 Å². The molecule has 2 N–H and O–H groups in total. The largest absolute Gasteiger partial charge is 0.505 e. The Bertz CT molecular complexity index is 605. The number of hydrogen-bond acceptors (Lipinski definition) is 7. The van der Waals surface area contributed by atoms with E-state index < -0.39 is 11.9 Å². The van der Waals surface area contributed by atoms with Crippen LogP contribution in [-0.2, 0) is 19.1 Å². The molecular formula is C14H15NO6. The van der Waals surface area contributed by atoms with Gasteiger partial charge in [0.1, 0.15) is 11.4 Å². The van der Waals surface area contributed by atoms with E-state index in [2.05, 4.69) is 14.8 Å². The zero-order chi connectivity index (χ0) is 16.0. The first kappa shape index (κ1) is 16.2. The van der Waals surface area contributed by atoms with Crippen molar-refractivity contribution in [2.45, 2.75) is 6.92 Å². The van der Waals surface area contributed by atoms with Crippen LogP contribution in [0.4, 0.5) is 5.69 Å². The maximum absolute atomic E-state index is 11.6. The molecule has 1 aromatic rings. The first-order chi connectivity index (χ1) is 9.90. The molecule has 7 nitrogen and oxygen atoms in total. The van der Waals surface area contributed by atoms with Crippen LogP contribution in [0.5, 0.6) is 5.75 Å². The van der Waals surface area contributed by atoms with E-state index in [4.69, 9.17) is 0 Å². The van der Waals surface area contributed by atoms with Crippen LogP contribution < -0.4 is 5.32 Å². The lowest BCUT2D eigenvalue weighted by atomic mass is 10.1. The summed E-state index contributed by atoms with van der Waals surface area (Å²) in [4.78, 5) is 34.2. The molecule has 7 heteroatoms. The maximum Gasteiger partial charge on any atom is 0.354 e. The SMILES string of the molecule is COC(=O)/C=C(/Nc1cccc(C(C)=O)c1O)C(=O)OC. The average molecular weight is 293 g/mol. The molecule has 1 rings (SSSR count). The molecule has 0 saturated heterocycles. The molecule has 0 aliphatic rings. The minimum Gasteiger partial charge on any atom is -0.505 e. The normalized spacial score (nSPS) is 10.7. The van der Waals surface area contributed by atoms with Gasteiger partial charge in [-0.2, -0.15) is 0 Å². The molecule has 0 heterocycles. The lowest BCUT2D eigenvalue weighted by Gasteiger charge is -2.12. The highest BCUT2D eigenvalue weighted by molar-refractivity contribution is 6.01. The fraction of sp³-hybridized carbons (Fsp3) is 0.214. The third kappa shape index (κ3) is 4.07. The lowest BCUT2D eigenvalue weighted by Crippen LogP contribution is -2.15. The molecule has 0 bridgehead atoms. The van der Waals surface area contributed by atoms with Crippen molar-refractivity contribution >= 4 is 23.4 Å². The number of anilines is 1. The van der Waals surface area contributed by atoms with Crippen LogP contribution in [0.2, 0.25) is 0 Å². The van der Waals surface area contributed by atoms with Crippen molar-refractivity contribution in [3.05, 3.63) is 35.5 Å². The molecule has 112 valence electrons. The number of hydrogen-bond donors (Lipinski definition) is 2. The zero-order valence-corrected chi connectivity index (χ0v) is 11.8. The number of methoxy groups -OCH3 is 2. The number of benzene rings is 1. The van der Waals surface area contributed by atoms with Gasteiger partial charge in [-0.25, -0.2) is 9.59 Å². The monoisotopic (exact) mass is 293 g/mol. The van der Waals surface area contributed by atoms with Crippen molar-refractivity contribution in [2.24, 2.45) is 0 Å². The Balaban J connectivity index is 3.19. The second-order valence-corrected chi connectivity index (χ2v) is 3.96. The summed E-state index contributed by atoms with van der Waals surface area (Å²) < 4.78 is 8.95. The number of aromatic hydroxyl groups is 1. The molecule has 0 aliphatic carbocycles. The van der Waals surface area contributed by atoms with Crippen LogP contribution >= 0.6 is 0 Å². The van der Waals surface area contributed by atoms with E-state index in [0.29, 0.717) is 0 Å². The number of para-hydroxylation sites is 1. The number of Topliss-reactive ketones (excluding diaryl/α,β-unsaturated/α-hetero) is 1. The molecule has 21 heavy (non-hydrogen) atoms. The number of ether oxygens (including phenoxy) is 2. The summed E-state index contributed by atoms with van der Waals surface area (Å²) in [5.41, 5.74) is -0.0640. The summed E-state index contributed by atoms with van der Waals surface area (Å²) in [5, 5.41) is 12.5. The Morgan fingerprint density at radius 1 is 1.19 bits per heavy atom. The van der Waals surface area contributed by atoms with Gasteiger partial charge in [0.2, 0.25) is 0 Å². The Morgan fingerprint density at radius 2 is 1.86 bits per heavy atom. The van der Waals surface area contributed by atoms with Crippen LogP contribution in [0.15, 0.2) is 30.0 Å². The summed E-state index contributed by atoms with van der Waals surface area (Å²) in [7, 11) is 2.29. The van der Waals surface area contributed by atoms with Gasteiger partial charge in [0.15, 0.2) is 5.78 Å². The van der Waals surface area contributed by atoms with E-state index in [9.17, 15) is 19.5 Å². The summed E-state index contributed by atoms with van der Waals surface area (Å²) in [6, 6.07) is 4.40. The molecule has 0 aromatic heterocycles. The summed E-state index contributed by atoms with van der Waals surface area (Å²) in [5.74, 6) is -2.27. The standard InChI is InChI=1S/C14H15NO6/c1-8(16)9-5-4-6-10(13(9)18)15-11(14(19)21-3)7-12(17)20-2/h4-7,15,18H,1-3H3/b11-7+. The van der Waals surface area contributed by atoms with Crippen molar-refractivity contribution in [3.8, 4) is 5.75 Å². The minimum atomic E-state index is -0.826. The second-order valence-electron chi connectivity index (χ2n) is 3.96. The fourth-order valence-corrected chi connectivity index (χ4v) is 1.51. The molecular weight excluding hydrogens is 278 g/mol. The molecule has 0 saturated carbocycles. The predicted octanol–water partition coefficient (Wildman–Crippen LogP) is 1.24. The van der Waals surface area contributed by atoms with Gasteiger partial charge in [-0.1, -0.05) is 6.07 Å². The number of esters is 2. The van der Waals surface area contributed by atoms with Gasteiger partial charge < -0.3 is 19.9 Å². The number of phenols is 1. The topological polar surface area (TPSA) is 102 Å². The summed E-state index contributed by atoms with van der Waals surface area (Å²) >= 11 is 0. The van der Waals surface area contributed by atoms with E-state index >= 15 is 0 Å². The van der Waals surface area contributed by atoms with Crippen LogP contribution in [0.1, 0.15) is 17.3 Å². The van der Waals surface area contributed by atoms with E-state index in [0.717, 1.165) is 20.3 Å². The van der Waals surface area contributed by atoms with Crippen LogP contribution in [0.25, 0.3) is 0 Å².